The van der Waals surface area contributed by atoms with Crippen LogP contribution in [0, 0.1) is 11.8 Å². The SMILES string of the molecule is O=C(N[C@@H](C1CCNCC1)C1CC(O)C1)c1ccn[nH]1. The first kappa shape index (κ1) is 13.6. The van der Waals surface area contributed by atoms with Gasteiger partial charge >= 0.3 is 0 Å². The molecule has 0 spiro atoms. The maximum atomic E-state index is 12.2. The topological polar surface area (TPSA) is 90.0 Å². The van der Waals surface area contributed by atoms with Crippen LogP contribution in [0.3, 0.4) is 0 Å². The van der Waals surface area contributed by atoms with Crippen LogP contribution < -0.4 is 10.6 Å². The van der Waals surface area contributed by atoms with E-state index in [-0.39, 0.29) is 18.1 Å². The molecule has 0 bridgehead atoms. The summed E-state index contributed by atoms with van der Waals surface area (Å²) in [6.07, 6.45) is 5.17. The summed E-state index contributed by atoms with van der Waals surface area (Å²) in [5.74, 6) is 0.813. The third-order valence-electron chi connectivity index (χ3n) is 4.59. The fourth-order valence-corrected chi connectivity index (χ4v) is 3.36. The minimum Gasteiger partial charge on any atom is -0.393 e. The zero-order valence-electron chi connectivity index (χ0n) is 11.5. The molecular formula is C14H22N4O2. The molecule has 0 unspecified atom stereocenters. The van der Waals surface area contributed by atoms with E-state index in [2.05, 4.69) is 20.8 Å². The van der Waals surface area contributed by atoms with Crippen LogP contribution in [0.25, 0.3) is 0 Å². The molecule has 6 nitrogen and oxygen atoms in total. The van der Waals surface area contributed by atoms with E-state index in [1.54, 1.807) is 12.3 Å². The van der Waals surface area contributed by atoms with Gasteiger partial charge in [0.1, 0.15) is 5.69 Å². The number of aliphatic hydroxyl groups excluding tert-OH is 1. The van der Waals surface area contributed by atoms with E-state index in [0.29, 0.717) is 17.5 Å². The largest absolute Gasteiger partial charge is 0.393 e. The standard InChI is InChI=1S/C14H22N4O2/c19-11-7-10(8-11)13(9-1-4-15-5-2-9)17-14(20)12-3-6-16-18-12/h3,6,9-11,13,15,19H,1-2,4-5,7-8H2,(H,16,18)(H,17,20)/t10?,11?,13-/m0/s1. The van der Waals surface area contributed by atoms with Gasteiger partial charge in [0.2, 0.25) is 0 Å². The number of rotatable bonds is 4. The second-order valence-corrected chi connectivity index (χ2v) is 5.94. The predicted octanol–water partition coefficient (Wildman–Crippen LogP) is 0.279. The molecule has 1 amide bonds. The summed E-state index contributed by atoms with van der Waals surface area (Å²) in [7, 11) is 0. The van der Waals surface area contributed by atoms with Gasteiger partial charge in [-0.15, -0.1) is 0 Å². The van der Waals surface area contributed by atoms with Gasteiger partial charge in [-0.1, -0.05) is 0 Å². The van der Waals surface area contributed by atoms with Crippen molar-refractivity contribution in [2.24, 2.45) is 11.8 Å². The normalized spacial score (nSPS) is 28.6. The first-order chi connectivity index (χ1) is 9.74. The summed E-state index contributed by atoms with van der Waals surface area (Å²) in [6.45, 7) is 2.02. The second-order valence-electron chi connectivity index (χ2n) is 5.94. The van der Waals surface area contributed by atoms with Gasteiger partial charge in [0, 0.05) is 12.2 Å². The molecular weight excluding hydrogens is 256 g/mol. The summed E-state index contributed by atoms with van der Waals surface area (Å²) < 4.78 is 0. The van der Waals surface area contributed by atoms with Gasteiger partial charge in [-0.25, -0.2) is 0 Å². The zero-order chi connectivity index (χ0) is 13.9. The molecule has 0 aromatic carbocycles. The molecule has 110 valence electrons. The fourth-order valence-electron chi connectivity index (χ4n) is 3.36. The number of aromatic nitrogens is 2. The zero-order valence-corrected chi connectivity index (χ0v) is 11.5. The summed E-state index contributed by atoms with van der Waals surface area (Å²) in [5.41, 5.74) is 0.504. The molecule has 1 atom stereocenters. The van der Waals surface area contributed by atoms with Crippen LogP contribution in [0.1, 0.15) is 36.2 Å². The number of amides is 1. The van der Waals surface area contributed by atoms with Crippen molar-refractivity contribution >= 4 is 5.91 Å². The summed E-state index contributed by atoms with van der Waals surface area (Å²) in [5, 5.41) is 22.6. The molecule has 1 saturated heterocycles. The number of H-pyrrole nitrogens is 1. The van der Waals surface area contributed by atoms with E-state index < -0.39 is 0 Å². The minimum absolute atomic E-state index is 0.0903. The smallest absolute Gasteiger partial charge is 0.269 e. The molecule has 20 heavy (non-hydrogen) atoms. The van der Waals surface area contributed by atoms with Crippen LogP contribution in [0.15, 0.2) is 12.3 Å². The first-order valence-electron chi connectivity index (χ1n) is 7.43. The lowest BCUT2D eigenvalue weighted by molar-refractivity contribution is 0.00913. The summed E-state index contributed by atoms with van der Waals surface area (Å²) in [4.78, 5) is 12.2. The van der Waals surface area contributed by atoms with Crippen LogP contribution in [0.4, 0.5) is 0 Å². The van der Waals surface area contributed by atoms with E-state index in [0.717, 1.165) is 38.8 Å². The van der Waals surface area contributed by atoms with Gasteiger partial charge in [-0.2, -0.15) is 5.10 Å². The maximum Gasteiger partial charge on any atom is 0.269 e. The van der Waals surface area contributed by atoms with Crippen molar-refractivity contribution in [3.05, 3.63) is 18.0 Å². The van der Waals surface area contributed by atoms with Gasteiger partial charge in [0.15, 0.2) is 0 Å². The minimum atomic E-state index is -0.187. The number of aliphatic hydroxyl groups is 1. The Morgan fingerprint density at radius 2 is 2.10 bits per heavy atom. The van der Waals surface area contributed by atoms with E-state index in [1.807, 2.05) is 0 Å². The van der Waals surface area contributed by atoms with Gasteiger partial charge in [-0.05, 0) is 56.7 Å². The van der Waals surface area contributed by atoms with Crippen molar-refractivity contribution in [1.29, 1.82) is 0 Å². The van der Waals surface area contributed by atoms with E-state index in [4.69, 9.17) is 0 Å². The van der Waals surface area contributed by atoms with Gasteiger partial charge in [0.05, 0.1) is 6.10 Å². The highest BCUT2D eigenvalue weighted by Crippen LogP contribution is 2.35. The molecule has 0 radical (unpaired) electrons. The Hall–Kier alpha value is -1.40. The summed E-state index contributed by atoms with van der Waals surface area (Å²) in [6, 6.07) is 1.85. The van der Waals surface area contributed by atoms with E-state index >= 15 is 0 Å². The molecule has 3 rings (SSSR count). The highest BCUT2D eigenvalue weighted by Gasteiger charge is 2.39. The Kier molecular flexibility index (Phi) is 4.03. The van der Waals surface area contributed by atoms with Crippen LogP contribution in [-0.2, 0) is 0 Å². The fraction of sp³-hybridized carbons (Fsp3) is 0.714. The van der Waals surface area contributed by atoms with Crippen LogP contribution in [0.5, 0.6) is 0 Å². The Morgan fingerprint density at radius 1 is 1.35 bits per heavy atom. The lowest BCUT2D eigenvalue weighted by Crippen LogP contribution is -2.52. The van der Waals surface area contributed by atoms with Crippen molar-refractivity contribution in [2.45, 2.75) is 37.8 Å². The number of carbonyl (C=O) groups excluding carboxylic acids is 1. The molecule has 1 aliphatic heterocycles. The number of hydrogen-bond acceptors (Lipinski definition) is 4. The Balaban J connectivity index is 1.66. The highest BCUT2D eigenvalue weighted by atomic mass is 16.3. The van der Waals surface area contributed by atoms with Crippen molar-refractivity contribution in [3.8, 4) is 0 Å². The molecule has 1 saturated carbocycles. The molecule has 2 aliphatic rings. The number of carbonyl (C=O) groups is 1. The molecule has 1 aliphatic carbocycles. The number of piperidine rings is 1. The maximum absolute atomic E-state index is 12.2. The Bertz CT molecular complexity index is 436. The first-order valence-corrected chi connectivity index (χ1v) is 7.43. The number of nitrogens with one attached hydrogen (secondary N) is 3. The molecule has 4 N–H and O–H groups in total. The quantitative estimate of drug-likeness (QED) is 0.637. The molecule has 6 heteroatoms. The van der Waals surface area contributed by atoms with Gasteiger partial charge in [0.25, 0.3) is 5.91 Å². The van der Waals surface area contributed by atoms with Crippen LogP contribution >= 0.6 is 0 Å². The average Bonchev–Trinajstić information content (AvgIpc) is 2.97. The summed E-state index contributed by atoms with van der Waals surface area (Å²) >= 11 is 0. The molecule has 1 aromatic rings. The van der Waals surface area contributed by atoms with Crippen molar-refractivity contribution in [1.82, 2.24) is 20.8 Å². The van der Waals surface area contributed by atoms with Crippen molar-refractivity contribution < 1.29 is 9.90 Å². The molecule has 1 aromatic heterocycles. The van der Waals surface area contributed by atoms with Gasteiger partial charge in [-0.3, -0.25) is 9.89 Å². The van der Waals surface area contributed by atoms with Crippen molar-refractivity contribution in [2.75, 3.05) is 13.1 Å². The van der Waals surface area contributed by atoms with E-state index in [9.17, 15) is 9.90 Å². The monoisotopic (exact) mass is 278 g/mol. The second kappa shape index (κ2) is 5.93. The third kappa shape index (κ3) is 2.86. The Morgan fingerprint density at radius 3 is 2.70 bits per heavy atom. The van der Waals surface area contributed by atoms with Gasteiger partial charge < -0.3 is 15.7 Å². The van der Waals surface area contributed by atoms with Crippen LogP contribution in [0.2, 0.25) is 0 Å². The lowest BCUT2D eigenvalue weighted by atomic mass is 9.71. The predicted molar refractivity (Wildman–Crippen MR) is 74.2 cm³/mol. The van der Waals surface area contributed by atoms with Crippen LogP contribution in [-0.4, -0.2) is 46.4 Å². The average molecular weight is 278 g/mol. The van der Waals surface area contributed by atoms with E-state index in [1.165, 1.54) is 0 Å². The molecule has 2 fully saturated rings. The number of nitrogens with zero attached hydrogens (tertiary/aromatic N) is 1. The highest BCUT2D eigenvalue weighted by molar-refractivity contribution is 5.92. The van der Waals surface area contributed by atoms with Crippen molar-refractivity contribution in [3.63, 3.8) is 0 Å². The lowest BCUT2D eigenvalue weighted by Gasteiger charge is -2.43. The Labute approximate surface area is 118 Å². The number of hydrogen-bond donors (Lipinski definition) is 4. The number of aromatic amines is 1. The third-order valence-corrected chi connectivity index (χ3v) is 4.59. The molecule has 2 heterocycles.